The maximum atomic E-state index is 12.5. The number of hydrogen-bond donors (Lipinski definition) is 1. The monoisotopic (exact) mass is 300 g/mol. The van der Waals surface area contributed by atoms with Crippen LogP contribution in [0.3, 0.4) is 0 Å². The fourth-order valence-electron chi connectivity index (χ4n) is 2.02. The van der Waals surface area contributed by atoms with Crippen LogP contribution in [0.5, 0.6) is 0 Å². The van der Waals surface area contributed by atoms with Crippen molar-refractivity contribution in [2.24, 2.45) is 0 Å². The van der Waals surface area contributed by atoms with E-state index in [9.17, 15) is 4.79 Å². The zero-order valence-corrected chi connectivity index (χ0v) is 13.4. The summed E-state index contributed by atoms with van der Waals surface area (Å²) in [6.45, 7) is 6.23. The van der Waals surface area contributed by atoms with E-state index >= 15 is 0 Å². The lowest BCUT2D eigenvalue weighted by molar-refractivity contribution is 0.0937. The number of nitrogens with zero attached hydrogens (tertiary/aromatic N) is 1. The Hall–Kier alpha value is -1.81. The van der Waals surface area contributed by atoms with Crippen molar-refractivity contribution < 1.29 is 4.79 Å². The highest BCUT2D eigenvalue weighted by Crippen LogP contribution is 2.26. The van der Waals surface area contributed by atoms with Crippen molar-refractivity contribution in [3.63, 3.8) is 0 Å². The van der Waals surface area contributed by atoms with E-state index in [1.165, 1.54) is 0 Å². The lowest BCUT2D eigenvalue weighted by atomic mass is 10.1. The molecule has 2 rings (SSSR count). The molecule has 21 heavy (non-hydrogen) atoms. The number of thioether (sulfide) groups is 1. The van der Waals surface area contributed by atoms with Crippen LogP contribution in [0.4, 0.5) is 0 Å². The third-order valence-corrected chi connectivity index (χ3v) is 4.13. The van der Waals surface area contributed by atoms with Crippen molar-refractivity contribution in [3.8, 4) is 0 Å². The van der Waals surface area contributed by atoms with Gasteiger partial charge in [-0.25, -0.2) is 0 Å². The van der Waals surface area contributed by atoms with Gasteiger partial charge in [0.2, 0.25) is 0 Å². The summed E-state index contributed by atoms with van der Waals surface area (Å²) in [5.41, 5.74) is 1.78. The Bertz CT molecular complexity index is 599. The van der Waals surface area contributed by atoms with Gasteiger partial charge in [-0.3, -0.25) is 9.78 Å². The summed E-state index contributed by atoms with van der Waals surface area (Å²) >= 11 is 1.71. The maximum absolute atomic E-state index is 12.5. The smallest absolute Gasteiger partial charge is 0.252 e. The molecule has 1 atom stereocenters. The molecule has 1 aromatic heterocycles. The fourth-order valence-corrected chi connectivity index (χ4v) is 2.97. The van der Waals surface area contributed by atoms with Crippen LogP contribution >= 0.6 is 11.8 Å². The number of carbonyl (C=O) groups is 1. The van der Waals surface area contributed by atoms with Gasteiger partial charge in [0.1, 0.15) is 0 Å². The van der Waals surface area contributed by atoms with Crippen molar-refractivity contribution in [1.29, 1.82) is 0 Å². The summed E-state index contributed by atoms with van der Waals surface area (Å²) in [4.78, 5) is 17.5. The molecule has 1 aromatic carbocycles. The van der Waals surface area contributed by atoms with Crippen molar-refractivity contribution in [3.05, 3.63) is 59.9 Å². The molecule has 110 valence electrons. The van der Waals surface area contributed by atoms with Gasteiger partial charge in [0.25, 0.3) is 5.91 Å². The Kier molecular flexibility index (Phi) is 5.39. The molecule has 0 saturated heterocycles. The Morgan fingerprint density at radius 2 is 1.76 bits per heavy atom. The summed E-state index contributed by atoms with van der Waals surface area (Å²) < 4.78 is 0. The van der Waals surface area contributed by atoms with Gasteiger partial charge >= 0.3 is 0 Å². The topological polar surface area (TPSA) is 42.0 Å². The van der Waals surface area contributed by atoms with E-state index in [1.807, 2.05) is 43.3 Å². The first kappa shape index (κ1) is 15.6. The molecule has 4 heteroatoms. The van der Waals surface area contributed by atoms with E-state index in [4.69, 9.17) is 0 Å². The Morgan fingerprint density at radius 3 is 2.43 bits per heavy atom. The molecule has 0 aliphatic heterocycles. The molecule has 2 aromatic rings. The first-order valence-corrected chi connectivity index (χ1v) is 7.92. The fraction of sp³-hybridized carbons (Fsp3) is 0.294. The predicted octanol–water partition coefficient (Wildman–Crippen LogP) is 4.07. The summed E-state index contributed by atoms with van der Waals surface area (Å²) in [6, 6.07) is 11.5. The zero-order valence-electron chi connectivity index (χ0n) is 12.5. The van der Waals surface area contributed by atoms with Crippen molar-refractivity contribution >= 4 is 17.7 Å². The van der Waals surface area contributed by atoms with Crippen LogP contribution in [0, 0.1) is 0 Å². The minimum absolute atomic E-state index is 0.0388. The summed E-state index contributed by atoms with van der Waals surface area (Å²) in [5.74, 6) is -0.0388. The lowest BCUT2D eigenvalue weighted by Gasteiger charge is -2.16. The van der Waals surface area contributed by atoms with E-state index in [2.05, 4.69) is 24.1 Å². The molecule has 0 unspecified atom stereocenters. The standard InChI is InChI=1S/C17H20N2OS/c1-12(2)21-16-7-5-4-6-15(16)17(20)19-13(3)14-8-10-18-11-9-14/h4-13H,1-3H3,(H,19,20)/t13-/m1/s1. The van der Waals surface area contributed by atoms with Crippen molar-refractivity contribution in [1.82, 2.24) is 10.3 Å². The van der Waals surface area contributed by atoms with Crippen molar-refractivity contribution in [2.45, 2.75) is 37.0 Å². The molecule has 1 N–H and O–H groups in total. The highest BCUT2D eigenvalue weighted by molar-refractivity contribution is 8.00. The molecule has 0 spiro atoms. The van der Waals surface area contributed by atoms with Gasteiger partial charge in [0.15, 0.2) is 0 Å². The van der Waals surface area contributed by atoms with E-state index < -0.39 is 0 Å². The first-order chi connectivity index (χ1) is 10.1. The average molecular weight is 300 g/mol. The second-order valence-corrected chi connectivity index (χ2v) is 6.76. The molecular formula is C17H20N2OS. The molecule has 0 fully saturated rings. The van der Waals surface area contributed by atoms with E-state index in [-0.39, 0.29) is 11.9 Å². The number of aromatic nitrogens is 1. The van der Waals surface area contributed by atoms with Gasteiger partial charge < -0.3 is 5.32 Å². The van der Waals surface area contributed by atoms with Gasteiger partial charge in [0, 0.05) is 22.5 Å². The van der Waals surface area contributed by atoms with E-state index in [0.717, 1.165) is 16.0 Å². The van der Waals surface area contributed by atoms with Crippen molar-refractivity contribution in [2.75, 3.05) is 0 Å². The Labute approximate surface area is 130 Å². The highest BCUT2D eigenvalue weighted by Gasteiger charge is 2.15. The number of pyridine rings is 1. The van der Waals surface area contributed by atoms with Crippen LogP contribution in [-0.2, 0) is 0 Å². The van der Waals surface area contributed by atoms with Gasteiger partial charge in [-0.05, 0) is 36.8 Å². The third-order valence-electron chi connectivity index (χ3n) is 3.05. The third kappa shape index (κ3) is 4.33. The number of carbonyl (C=O) groups excluding carboxylic acids is 1. The summed E-state index contributed by atoms with van der Waals surface area (Å²) in [6.07, 6.45) is 3.47. The quantitative estimate of drug-likeness (QED) is 0.846. The number of rotatable bonds is 5. The second-order valence-electron chi connectivity index (χ2n) is 5.14. The number of hydrogen-bond acceptors (Lipinski definition) is 3. The minimum Gasteiger partial charge on any atom is -0.345 e. The molecule has 0 aliphatic carbocycles. The van der Waals surface area contributed by atoms with Crippen LogP contribution in [-0.4, -0.2) is 16.1 Å². The SMILES string of the molecule is CC(C)Sc1ccccc1C(=O)N[C@H](C)c1ccncc1. The average Bonchev–Trinajstić information content (AvgIpc) is 2.48. The predicted molar refractivity (Wildman–Crippen MR) is 87.6 cm³/mol. The largest absolute Gasteiger partial charge is 0.345 e. The molecule has 0 saturated carbocycles. The second kappa shape index (κ2) is 7.27. The van der Waals surface area contributed by atoms with Crippen LogP contribution in [0.15, 0.2) is 53.7 Å². The van der Waals surface area contributed by atoms with Gasteiger partial charge in [-0.1, -0.05) is 26.0 Å². The molecule has 0 radical (unpaired) electrons. The van der Waals surface area contributed by atoms with E-state index in [1.54, 1.807) is 24.2 Å². The zero-order chi connectivity index (χ0) is 15.2. The molecule has 3 nitrogen and oxygen atoms in total. The highest BCUT2D eigenvalue weighted by atomic mass is 32.2. The number of benzene rings is 1. The number of nitrogens with one attached hydrogen (secondary N) is 1. The maximum Gasteiger partial charge on any atom is 0.252 e. The van der Waals surface area contributed by atoms with E-state index in [0.29, 0.717) is 5.25 Å². The van der Waals surface area contributed by atoms with Gasteiger partial charge in [0.05, 0.1) is 11.6 Å². The molecule has 0 bridgehead atoms. The number of amides is 1. The minimum atomic E-state index is -0.0439. The molecule has 1 amide bonds. The van der Waals surface area contributed by atoms with Crippen LogP contribution < -0.4 is 5.32 Å². The van der Waals surface area contributed by atoms with Gasteiger partial charge in [-0.15, -0.1) is 11.8 Å². The lowest BCUT2D eigenvalue weighted by Crippen LogP contribution is -2.27. The summed E-state index contributed by atoms with van der Waals surface area (Å²) in [5, 5.41) is 3.49. The molecular weight excluding hydrogens is 280 g/mol. The normalized spacial score (nSPS) is 12.2. The molecule has 1 heterocycles. The first-order valence-electron chi connectivity index (χ1n) is 7.04. The Balaban J connectivity index is 2.14. The Morgan fingerprint density at radius 1 is 1.10 bits per heavy atom. The summed E-state index contributed by atoms with van der Waals surface area (Å²) in [7, 11) is 0. The van der Waals surface area contributed by atoms with Crippen LogP contribution in [0.2, 0.25) is 0 Å². The van der Waals surface area contributed by atoms with Crippen LogP contribution in [0.25, 0.3) is 0 Å². The molecule has 0 aliphatic rings. The van der Waals surface area contributed by atoms with Crippen LogP contribution in [0.1, 0.15) is 42.7 Å². The van der Waals surface area contributed by atoms with Gasteiger partial charge in [-0.2, -0.15) is 0 Å².